The van der Waals surface area contributed by atoms with Crippen molar-refractivity contribution in [3.8, 4) is 0 Å². The molecule has 2 rings (SSSR count). The molecule has 2 aromatic rings. The normalized spacial score (nSPS) is 12.4. The van der Waals surface area contributed by atoms with E-state index in [4.69, 9.17) is 5.73 Å². The van der Waals surface area contributed by atoms with Crippen LogP contribution in [0.15, 0.2) is 36.7 Å². The number of nitrogens with zero attached hydrogens (tertiary/aromatic N) is 1. The van der Waals surface area contributed by atoms with Gasteiger partial charge in [-0.25, -0.2) is 13.2 Å². The van der Waals surface area contributed by atoms with Gasteiger partial charge in [-0.3, -0.25) is 4.98 Å². The second-order valence-electron chi connectivity index (χ2n) is 3.94. The highest BCUT2D eigenvalue weighted by molar-refractivity contribution is 5.24. The summed E-state index contributed by atoms with van der Waals surface area (Å²) in [6.45, 7) is 0. The fourth-order valence-electron chi connectivity index (χ4n) is 1.73. The maximum atomic E-state index is 13.4. The minimum absolute atomic E-state index is 0.0184. The molecular formula is C13H11F3N2. The zero-order valence-corrected chi connectivity index (χ0v) is 9.41. The summed E-state index contributed by atoms with van der Waals surface area (Å²) in [5.41, 5.74) is 6.14. The Hall–Kier alpha value is -1.88. The molecule has 1 aromatic carbocycles. The van der Waals surface area contributed by atoms with E-state index in [-0.39, 0.29) is 17.5 Å². The summed E-state index contributed by atoms with van der Waals surface area (Å²) >= 11 is 0. The molecule has 1 aromatic heterocycles. The van der Waals surface area contributed by atoms with Crippen molar-refractivity contribution in [3.63, 3.8) is 0 Å². The van der Waals surface area contributed by atoms with Crippen LogP contribution in [0.3, 0.4) is 0 Å². The topological polar surface area (TPSA) is 38.9 Å². The lowest BCUT2D eigenvalue weighted by Crippen LogP contribution is -2.16. The maximum Gasteiger partial charge on any atom is 0.146 e. The molecule has 1 heterocycles. The monoisotopic (exact) mass is 252 g/mol. The van der Waals surface area contributed by atoms with Gasteiger partial charge >= 0.3 is 0 Å². The van der Waals surface area contributed by atoms with E-state index >= 15 is 0 Å². The molecule has 5 heteroatoms. The molecule has 0 aliphatic heterocycles. The van der Waals surface area contributed by atoms with Gasteiger partial charge in [0, 0.05) is 17.8 Å². The molecular weight excluding hydrogens is 241 g/mol. The molecule has 0 aliphatic rings. The van der Waals surface area contributed by atoms with Crippen LogP contribution in [0, 0.1) is 17.5 Å². The van der Waals surface area contributed by atoms with Gasteiger partial charge in [-0.1, -0.05) is 0 Å². The molecule has 0 spiro atoms. The van der Waals surface area contributed by atoms with Crippen LogP contribution in [-0.2, 0) is 6.42 Å². The first-order valence-electron chi connectivity index (χ1n) is 5.37. The Bertz CT molecular complexity index is 558. The molecule has 0 aliphatic carbocycles. The zero-order valence-electron chi connectivity index (χ0n) is 9.41. The van der Waals surface area contributed by atoms with Crippen LogP contribution in [0.4, 0.5) is 13.2 Å². The van der Waals surface area contributed by atoms with Crippen LogP contribution in [0.1, 0.15) is 17.2 Å². The maximum absolute atomic E-state index is 13.4. The predicted octanol–water partition coefficient (Wildman–Crippen LogP) is 2.74. The third-order valence-corrected chi connectivity index (χ3v) is 2.65. The van der Waals surface area contributed by atoms with Crippen molar-refractivity contribution >= 4 is 0 Å². The number of pyridine rings is 1. The Labute approximate surface area is 102 Å². The third kappa shape index (κ3) is 2.68. The number of hydrogen-bond donors (Lipinski definition) is 1. The summed E-state index contributed by atoms with van der Waals surface area (Å²) in [6, 6.07) is 3.80. The number of rotatable bonds is 3. The lowest BCUT2D eigenvalue weighted by molar-refractivity contribution is 0.552. The smallest absolute Gasteiger partial charge is 0.146 e. The molecule has 2 nitrogen and oxygen atoms in total. The fraction of sp³-hybridized carbons (Fsp3) is 0.154. The van der Waals surface area contributed by atoms with Crippen LogP contribution in [0.5, 0.6) is 0 Å². The molecule has 1 atom stereocenters. The first kappa shape index (κ1) is 12.6. The molecule has 18 heavy (non-hydrogen) atoms. The van der Waals surface area contributed by atoms with Gasteiger partial charge in [-0.2, -0.15) is 0 Å². The first-order chi connectivity index (χ1) is 8.58. The van der Waals surface area contributed by atoms with Crippen molar-refractivity contribution in [1.29, 1.82) is 0 Å². The van der Waals surface area contributed by atoms with Crippen molar-refractivity contribution < 1.29 is 13.2 Å². The van der Waals surface area contributed by atoms with E-state index in [9.17, 15) is 13.2 Å². The second kappa shape index (κ2) is 5.18. The summed E-state index contributed by atoms with van der Waals surface area (Å²) < 4.78 is 39.8. The highest BCUT2D eigenvalue weighted by atomic mass is 19.1. The Balaban J connectivity index is 2.24. The number of aromatic nitrogens is 1. The quantitative estimate of drug-likeness (QED) is 0.912. The van der Waals surface area contributed by atoms with Gasteiger partial charge in [0.1, 0.15) is 17.5 Å². The molecule has 0 saturated heterocycles. The first-order valence-corrected chi connectivity index (χ1v) is 5.37. The number of nitrogens with two attached hydrogens (primary N) is 1. The van der Waals surface area contributed by atoms with Crippen LogP contribution in [-0.4, -0.2) is 4.98 Å². The molecule has 0 saturated carbocycles. The Morgan fingerprint density at radius 1 is 1.11 bits per heavy atom. The fourth-order valence-corrected chi connectivity index (χ4v) is 1.73. The standard InChI is InChI=1S/C13H11F3N2/c14-9-1-2-11(15)8(5-9)6-13(17)10-3-4-18-7-12(10)16/h1-5,7,13H,6,17H2. The molecule has 2 N–H and O–H groups in total. The summed E-state index contributed by atoms with van der Waals surface area (Å²) in [6.07, 6.45) is 2.46. The highest BCUT2D eigenvalue weighted by Crippen LogP contribution is 2.20. The molecule has 94 valence electrons. The summed E-state index contributed by atoms with van der Waals surface area (Å²) in [5.74, 6) is -1.66. The molecule has 0 bridgehead atoms. The second-order valence-corrected chi connectivity index (χ2v) is 3.94. The van der Waals surface area contributed by atoms with Gasteiger partial charge in [0.25, 0.3) is 0 Å². The average molecular weight is 252 g/mol. The largest absolute Gasteiger partial charge is 0.324 e. The van der Waals surface area contributed by atoms with Gasteiger partial charge in [0.2, 0.25) is 0 Å². The van der Waals surface area contributed by atoms with E-state index in [1.54, 1.807) is 0 Å². The van der Waals surface area contributed by atoms with Crippen LogP contribution < -0.4 is 5.73 Å². The SMILES string of the molecule is NC(Cc1cc(F)ccc1F)c1ccncc1F. The van der Waals surface area contributed by atoms with E-state index in [1.807, 2.05) is 0 Å². The van der Waals surface area contributed by atoms with Crippen LogP contribution in [0.25, 0.3) is 0 Å². The van der Waals surface area contributed by atoms with Crippen molar-refractivity contribution in [1.82, 2.24) is 4.98 Å². The Morgan fingerprint density at radius 2 is 1.89 bits per heavy atom. The van der Waals surface area contributed by atoms with E-state index < -0.39 is 23.5 Å². The summed E-state index contributed by atoms with van der Waals surface area (Å²) in [4.78, 5) is 3.60. The number of benzene rings is 1. The average Bonchev–Trinajstić information content (AvgIpc) is 2.34. The highest BCUT2D eigenvalue weighted by Gasteiger charge is 2.14. The lowest BCUT2D eigenvalue weighted by atomic mass is 10.00. The van der Waals surface area contributed by atoms with Crippen molar-refractivity contribution in [3.05, 3.63) is 65.2 Å². The summed E-state index contributed by atoms with van der Waals surface area (Å²) in [5, 5.41) is 0. The van der Waals surface area contributed by atoms with Crippen LogP contribution >= 0.6 is 0 Å². The number of hydrogen-bond acceptors (Lipinski definition) is 2. The Kier molecular flexibility index (Phi) is 3.62. The molecule has 0 radical (unpaired) electrons. The number of halogens is 3. The predicted molar refractivity (Wildman–Crippen MR) is 61.2 cm³/mol. The molecule has 0 fully saturated rings. The molecule has 0 amide bonds. The van der Waals surface area contributed by atoms with E-state index in [1.165, 1.54) is 12.3 Å². The van der Waals surface area contributed by atoms with Gasteiger partial charge < -0.3 is 5.73 Å². The summed E-state index contributed by atoms with van der Waals surface area (Å²) in [7, 11) is 0. The van der Waals surface area contributed by atoms with Gasteiger partial charge in [0.15, 0.2) is 0 Å². The van der Waals surface area contributed by atoms with E-state index in [0.29, 0.717) is 0 Å². The molecule has 1 unspecified atom stereocenters. The van der Waals surface area contributed by atoms with Gasteiger partial charge in [-0.15, -0.1) is 0 Å². The minimum atomic E-state index is -0.746. The van der Waals surface area contributed by atoms with E-state index in [0.717, 1.165) is 24.4 Å². The lowest BCUT2D eigenvalue weighted by Gasteiger charge is -2.13. The van der Waals surface area contributed by atoms with Crippen LogP contribution in [0.2, 0.25) is 0 Å². The van der Waals surface area contributed by atoms with Gasteiger partial charge in [0.05, 0.1) is 6.20 Å². The van der Waals surface area contributed by atoms with E-state index in [2.05, 4.69) is 4.98 Å². The third-order valence-electron chi connectivity index (χ3n) is 2.65. The van der Waals surface area contributed by atoms with Crippen molar-refractivity contribution in [2.75, 3.05) is 0 Å². The minimum Gasteiger partial charge on any atom is -0.324 e. The van der Waals surface area contributed by atoms with Gasteiger partial charge in [-0.05, 0) is 36.2 Å². The Morgan fingerprint density at radius 3 is 2.61 bits per heavy atom. The van der Waals surface area contributed by atoms with Crippen molar-refractivity contribution in [2.45, 2.75) is 12.5 Å². The zero-order chi connectivity index (χ0) is 13.1. The van der Waals surface area contributed by atoms with Crippen molar-refractivity contribution in [2.24, 2.45) is 5.73 Å².